The molecule has 5 nitrogen and oxygen atoms in total. The van der Waals surface area contributed by atoms with Crippen molar-refractivity contribution in [3.05, 3.63) is 36.7 Å². The highest BCUT2D eigenvalue weighted by Gasteiger charge is 2.22. The zero-order chi connectivity index (χ0) is 13.9. The van der Waals surface area contributed by atoms with Crippen molar-refractivity contribution in [2.24, 2.45) is 0 Å². The molecule has 0 saturated carbocycles. The maximum Gasteiger partial charge on any atom is 0.0858 e. The molecule has 0 bridgehead atoms. The lowest BCUT2D eigenvalue weighted by Crippen LogP contribution is -2.42. The van der Waals surface area contributed by atoms with Crippen LogP contribution in [0.25, 0.3) is 5.69 Å². The molecule has 1 aliphatic rings. The fourth-order valence-corrected chi connectivity index (χ4v) is 2.70. The van der Waals surface area contributed by atoms with E-state index in [1.807, 2.05) is 12.1 Å². The van der Waals surface area contributed by atoms with Crippen molar-refractivity contribution >= 4 is 5.69 Å². The zero-order valence-corrected chi connectivity index (χ0v) is 12.0. The third kappa shape index (κ3) is 2.82. The van der Waals surface area contributed by atoms with Gasteiger partial charge in [-0.1, -0.05) is 0 Å². The normalized spacial score (nSPS) is 23.7. The Labute approximate surface area is 119 Å². The molecule has 1 aromatic carbocycles. The highest BCUT2D eigenvalue weighted by Crippen LogP contribution is 2.20. The maximum absolute atomic E-state index is 4.13. The van der Waals surface area contributed by atoms with Gasteiger partial charge in [0.1, 0.15) is 0 Å². The number of hydrogen-bond acceptors (Lipinski definition) is 4. The Kier molecular flexibility index (Phi) is 3.69. The van der Waals surface area contributed by atoms with Gasteiger partial charge in [0.25, 0.3) is 0 Å². The summed E-state index contributed by atoms with van der Waals surface area (Å²) in [6.45, 7) is 3.45. The number of nitrogens with one attached hydrogen (secondary N) is 1. The van der Waals surface area contributed by atoms with E-state index >= 15 is 0 Å². The van der Waals surface area contributed by atoms with Crippen LogP contribution in [0.3, 0.4) is 0 Å². The third-order valence-corrected chi connectivity index (χ3v) is 4.10. The second-order valence-corrected chi connectivity index (χ2v) is 5.56. The van der Waals surface area contributed by atoms with E-state index in [0.29, 0.717) is 12.1 Å². The van der Waals surface area contributed by atoms with Gasteiger partial charge in [-0.25, -0.2) is 0 Å². The number of hydrogen-bond donors (Lipinski definition) is 1. The van der Waals surface area contributed by atoms with Crippen molar-refractivity contribution in [1.82, 2.24) is 19.9 Å². The summed E-state index contributed by atoms with van der Waals surface area (Å²) in [6.07, 6.45) is 5.76. The van der Waals surface area contributed by atoms with Crippen LogP contribution < -0.4 is 5.32 Å². The molecule has 2 atom stereocenters. The van der Waals surface area contributed by atoms with Crippen molar-refractivity contribution in [1.29, 1.82) is 0 Å². The number of anilines is 1. The SMILES string of the molecule is CC1CC(Nc2ccc(-n3nccn3)cc2)CCN1C. The highest BCUT2D eigenvalue weighted by atomic mass is 15.5. The average molecular weight is 271 g/mol. The van der Waals surface area contributed by atoms with Crippen molar-refractivity contribution in [2.45, 2.75) is 31.8 Å². The topological polar surface area (TPSA) is 46.0 Å². The smallest absolute Gasteiger partial charge is 0.0858 e. The number of rotatable bonds is 3. The quantitative estimate of drug-likeness (QED) is 0.929. The van der Waals surface area contributed by atoms with E-state index in [1.165, 1.54) is 18.5 Å². The molecule has 1 aromatic heterocycles. The van der Waals surface area contributed by atoms with Gasteiger partial charge in [-0.3, -0.25) is 0 Å². The first kappa shape index (κ1) is 13.1. The Hall–Kier alpha value is -1.88. The van der Waals surface area contributed by atoms with Gasteiger partial charge in [-0.2, -0.15) is 15.0 Å². The Morgan fingerprint density at radius 1 is 1.15 bits per heavy atom. The molecule has 0 aliphatic carbocycles. The van der Waals surface area contributed by atoms with E-state index in [4.69, 9.17) is 0 Å². The second kappa shape index (κ2) is 5.63. The van der Waals surface area contributed by atoms with Gasteiger partial charge in [-0.05, 0) is 51.1 Å². The first-order valence-corrected chi connectivity index (χ1v) is 7.16. The molecule has 3 rings (SSSR count). The predicted molar refractivity (Wildman–Crippen MR) is 80.1 cm³/mol. The van der Waals surface area contributed by atoms with Crippen LogP contribution >= 0.6 is 0 Å². The van der Waals surface area contributed by atoms with Gasteiger partial charge in [0.15, 0.2) is 0 Å². The number of benzene rings is 1. The number of likely N-dealkylation sites (tertiary alicyclic amines) is 1. The van der Waals surface area contributed by atoms with E-state index in [1.54, 1.807) is 17.2 Å². The summed E-state index contributed by atoms with van der Waals surface area (Å²) in [5.74, 6) is 0. The van der Waals surface area contributed by atoms with Crippen LogP contribution in [0.15, 0.2) is 36.7 Å². The first-order valence-electron chi connectivity index (χ1n) is 7.16. The maximum atomic E-state index is 4.13. The minimum Gasteiger partial charge on any atom is -0.382 e. The van der Waals surface area contributed by atoms with Crippen LogP contribution in [-0.2, 0) is 0 Å². The summed E-state index contributed by atoms with van der Waals surface area (Å²) in [7, 11) is 2.20. The average Bonchev–Trinajstić information content (AvgIpc) is 2.98. The minimum atomic E-state index is 0.565. The molecule has 1 N–H and O–H groups in total. The second-order valence-electron chi connectivity index (χ2n) is 5.56. The first-order chi connectivity index (χ1) is 9.72. The van der Waals surface area contributed by atoms with Crippen LogP contribution in [0.4, 0.5) is 5.69 Å². The van der Waals surface area contributed by atoms with E-state index in [-0.39, 0.29) is 0 Å². The molecule has 106 valence electrons. The Bertz CT molecular complexity index is 534. The Balaban J connectivity index is 1.64. The monoisotopic (exact) mass is 271 g/mol. The Morgan fingerprint density at radius 2 is 1.85 bits per heavy atom. The van der Waals surface area contributed by atoms with Gasteiger partial charge in [-0.15, -0.1) is 0 Å². The summed E-state index contributed by atoms with van der Waals surface area (Å²) in [5, 5.41) is 11.9. The molecule has 2 aromatic rings. The van der Waals surface area contributed by atoms with Crippen LogP contribution in [0.2, 0.25) is 0 Å². The molecular formula is C15H21N5. The van der Waals surface area contributed by atoms with Crippen LogP contribution in [0.1, 0.15) is 19.8 Å². The molecular weight excluding hydrogens is 250 g/mol. The summed E-state index contributed by atoms with van der Waals surface area (Å²) < 4.78 is 0. The summed E-state index contributed by atoms with van der Waals surface area (Å²) in [5.41, 5.74) is 2.15. The lowest BCUT2D eigenvalue weighted by atomic mass is 9.98. The van der Waals surface area contributed by atoms with Crippen molar-refractivity contribution in [3.8, 4) is 5.69 Å². The standard InChI is InChI=1S/C15H21N5/c1-12-11-14(7-10-19(12)2)18-13-3-5-15(6-4-13)20-16-8-9-17-20/h3-6,8-9,12,14,18H,7,10-11H2,1-2H3. The molecule has 0 amide bonds. The van der Waals surface area contributed by atoms with Crippen LogP contribution in [0.5, 0.6) is 0 Å². The van der Waals surface area contributed by atoms with Crippen molar-refractivity contribution in [2.75, 3.05) is 18.9 Å². The summed E-state index contributed by atoms with van der Waals surface area (Å²) in [4.78, 5) is 4.05. The third-order valence-electron chi connectivity index (χ3n) is 4.10. The van der Waals surface area contributed by atoms with Gasteiger partial charge in [0.2, 0.25) is 0 Å². The predicted octanol–water partition coefficient (Wildman–Crippen LogP) is 2.16. The summed E-state index contributed by atoms with van der Waals surface area (Å²) >= 11 is 0. The molecule has 0 spiro atoms. The summed E-state index contributed by atoms with van der Waals surface area (Å²) in [6, 6.07) is 9.49. The van der Waals surface area contributed by atoms with Gasteiger partial charge >= 0.3 is 0 Å². The highest BCUT2D eigenvalue weighted by molar-refractivity contribution is 5.48. The largest absolute Gasteiger partial charge is 0.382 e. The van der Waals surface area contributed by atoms with Crippen molar-refractivity contribution in [3.63, 3.8) is 0 Å². The molecule has 2 heterocycles. The van der Waals surface area contributed by atoms with E-state index in [0.717, 1.165) is 12.2 Å². The molecule has 5 heteroatoms. The molecule has 20 heavy (non-hydrogen) atoms. The van der Waals surface area contributed by atoms with E-state index in [2.05, 4.69) is 46.5 Å². The fourth-order valence-electron chi connectivity index (χ4n) is 2.70. The minimum absolute atomic E-state index is 0.565. The molecule has 1 aliphatic heterocycles. The molecule has 0 radical (unpaired) electrons. The lowest BCUT2D eigenvalue weighted by molar-refractivity contribution is 0.190. The van der Waals surface area contributed by atoms with Crippen LogP contribution in [0, 0.1) is 0 Å². The van der Waals surface area contributed by atoms with Gasteiger partial charge in [0, 0.05) is 24.3 Å². The Morgan fingerprint density at radius 3 is 2.50 bits per heavy atom. The fraction of sp³-hybridized carbons (Fsp3) is 0.467. The number of piperidine rings is 1. The van der Waals surface area contributed by atoms with Crippen molar-refractivity contribution < 1.29 is 0 Å². The number of aromatic nitrogens is 3. The van der Waals surface area contributed by atoms with Crippen LogP contribution in [-0.4, -0.2) is 45.6 Å². The van der Waals surface area contributed by atoms with E-state index in [9.17, 15) is 0 Å². The molecule has 1 fully saturated rings. The number of nitrogens with zero attached hydrogens (tertiary/aromatic N) is 4. The molecule has 2 unspecified atom stereocenters. The van der Waals surface area contributed by atoms with E-state index < -0.39 is 0 Å². The molecule has 1 saturated heterocycles. The van der Waals surface area contributed by atoms with Gasteiger partial charge < -0.3 is 10.2 Å². The zero-order valence-electron chi connectivity index (χ0n) is 12.0. The van der Waals surface area contributed by atoms with Gasteiger partial charge in [0.05, 0.1) is 18.1 Å². The lowest BCUT2D eigenvalue weighted by Gasteiger charge is -2.35.